The topological polar surface area (TPSA) is 70.7 Å². The van der Waals surface area contributed by atoms with Gasteiger partial charge in [0.05, 0.1) is 10.7 Å². The molecule has 1 amide bonds. The first kappa shape index (κ1) is 12.4. The average molecular weight is 297 g/mol. The Balaban J connectivity index is 1.76. The Hall–Kier alpha value is -1.59. The summed E-state index contributed by atoms with van der Waals surface area (Å²) < 4.78 is 0. The van der Waals surface area contributed by atoms with Crippen LogP contribution in [0.15, 0.2) is 18.2 Å². The van der Waals surface area contributed by atoms with Gasteiger partial charge in [0.15, 0.2) is 0 Å². The number of nitrogens with zero attached hydrogens (tertiary/aromatic N) is 2. The van der Waals surface area contributed by atoms with Gasteiger partial charge in [-0.05, 0) is 31.0 Å². The molecule has 98 valence electrons. The smallest absolute Gasteiger partial charge is 0.295 e. The fraction of sp³-hybridized carbons (Fsp3) is 0.250. The zero-order valence-electron chi connectivity index (χ0n) is 9.78. The molecule has 2 N–H and O–H groups in total. The van der Waals surface area contributed by atoms with E-state index in [1.54, 1.807) is 18.2 Å². The average Bonchev–Trinajstić information content (AvgIpc) is 3.10. The lowest BCUT2D eigenvalue weighted by Gasteiger charge is -2.04. The lowest BCUT2D eigenvalue weighted by Crippen LogP contribution is -2.14. The Labute approximate surface area is 119 Å². The number of benzene rings is 1. The van der Waals surface area contributed by atoms with Crippen LogP contribution in [0.3, 0.4) is 0 Å². The molecule has 0 spiro atoms. The third-order valence-electron chi connectivity index (χ3n) is 2.85. The molecule has 7 heteroatoms. The summed E-state index contributed by atoms with van der Waals surface area (Å²) in [6.45, 7) is 0. The maximum absolute atomic E-state index is 12.0. The number of aromatic amines is 1. The van der Waals surface area contributed by atoms with Gasteiger partial charge < -0.3 is 5.32 Å². The van der Waals surface area contributed by atoms with E-state index in [1.807, 2.05) is 0 Å². The van der Waals surface area contributed by atoms with Crippen molar-refractivity contribution in [1.29, 1.82) is 0 Å². The predicted molar refractivity (Wildman–Crippen MR) is 72.8 cm³/mol. The number of rotatable bonds is 3. The Kier molecular flexibility index (Phi) is 3.16. The van der Waals surface area contributed by atoms with Gasteiger partial charge in [-0.15, -0.1) is 5.10 Å². The van der Waals surface area contributed by atoms with Gasteiger partial charge in [0, 0.05) is 10.9 Å². The molecule has 5 nitrogen and oxygen atoms in total. The van der Waals surface area contributed by atoms with E-state index >= 15 is 0 Å². The molecule has 1 heterocycles. The van der Waals surface area contributed by atoms with Gasteiger partial charge in [-0.2, -0.15) is 0 Å². The highest BCUT2D eigenvalue weighted by atomic mass is 35.5. The number of carbonyl (C=O) groups excluding carboxylic acids is 1. The standard InChI is InChI=1S/C12H10Cl2N4O/c13-7-3-4-9(8(14)5-7)15-12(19)11-16-10(17-18-11)6-1-2-6/h3-6H,1-2H2,(H,15,19)(H,16,17,18). The van der Waals surface area contributed by atoms with E-state index in [1.165, 1.54) is 0 Å². The number of H-pyrrole nitrogens is 1. The van der Waals surface area contributed by atoms with Crippen molar-refractivity contribution in [2.45, 2.75) is 18.8 Å². The maximum Gasteiger partial charge on any atom is 0.295 e. The van der Waals surface area contributed by atoms with Crippen molar-refractivity contribution in [3.05, 3.63) is 39.9 Å². The Morgan fingerprint density at radius 1 is 1.37 bits per heavy atom. The Morgan fingerprint density at radius 3 is 2.84 bits per heavy atom. The van der Waals surface area contributed by atoms with Crippen LogP contribution in [0.2, 0.25) is 10.0 Å². The van der Waals surface area contributed by atoms with Gasteiger partial charge in [0.2, 0.25) is 5.82 Å². The van der Waals surface area contributed by atoms with E-state index < -0.39 is 5.91 Å². The van der Waals surface area contributed by atoms with E-state index in [0.29, 0.717) is 21.7 Å². The summed E-state index contributed by atoms with van der Waals surface area (Å²) in [5.41, 5.74) is 0.480. The second kappa shape index (κ2) is 4.83. The van der Waals surface area contributed by atoms with Gasteiger partial charge >= 0.3 is 0 Å². The highest BCUT2D eigenvalue weighted by molar-refractivity contribution is 6.36. The minimum absolute atomic E-state index is 0.118. The molecular formula is C12H10Cl2N4O. The summed E-state index contributed by atoms with van der Waals surface area (Å²) in [5.74, 6) is 0.917. The molecule has 1 saturated carbocycles. The summed E-state index contributed by atoms with van der Waals surface area (Å²) in [7, 11) is 0. The van der Waals surface area contributed by atoms with E-state index in [9.17, 15) is 4.79 Å². The Bertz CT molecular complexity index is 636. The van der Waals surface area contributed by atoms with Crippen molar-refractivity contribution >= 4 is 34.8 Å². The van der Waals surface area contributed by atoms with Crippen molar-refractivity contribution < 1.29 is 4.79 Å². The highest BCUT2D eigenvalue weighted by Crippen LogP contribution is 2.37. The van der Waals surface area contributed by atoms with Crippen LogP contribution < -0.4 is 5.32 Å². The predicted octanol–water partition coefficient (Wildman–Crippen LogP) is 3.24. The molecule has 0 radical (unpaired) electrons. The van der Waals surface area contributed by atoms with E-state index in [4.69, 9.17) is 23.2 Å². The first-order valence-corrected chi connectivity index (χ1v) is 6.58. The molecule has 0 unspecified atom stereocenters. The summed E-state index contributed by atoms with van der Waals surface area (Å²) in [6.07, 6.45) is 2.19. The zero-order chi connectivity index (χ0) is 13.4. The third kappa shape index (κ3) is 2.72. The monoisotopic (exact) mass is 296 g/mol. The molecule has 1 aromatic carbocycles. The molecule has 1 aromatic heterocycles. The van der Waals surface area contributed by atoms with Gasteiger partial charge in [-0.25, -0.2) is 4.98 Å². The lowest BCUT2D eigenvalue weighted by molar-refractivity contribution is 0.101. The normalized spacial score (nSPS) is 14.4. The number of anilines is 1. The SMILES string of the molecule is O=C(Nc1ccc(Cl)cc1Cl)c1n[nH]c(C2CC2)n1. The number of amides is 1. The van der Waals surface area contributed by atoms with E-state index in [0.717, 1.165) is 18.7 Å². The first-order valence-electron chi connectivity index (χ1n) is 5.82. The van der Waals surface area contributed by atoms with Gasteiger partial charge in [-0.3, -0.25) is 9.89 Å². The molecule has 1 fully saturated rings. The van der Waals surface area contributed by atoms with Gasteiger partial charge in [0.1, 0.15) is 5.82 Å². The van der Waals surface area contributed by atoms with Crippen molar-refractivity contribution in [3.63, 3.8) is 0 Å². The van der Waals surface area contributed by atoms with Crippen molar-refractivity contribution in [2.75, 3.05) is 5.32 Å². The molecule has 2 aromatic rings. The van der Waals surface area contributed by atoms with Crippen LogP contribution in [0, 0.1) is 0 Å². The minimum atomic E-state index is -0.396. The fourth-order valence-electron chi connectivity index (χ4n) is 1.68. The molecular weight excluding hydrogens is 287 g/mol. The zero-order valence-corrected chi connectivity index (χ0v) is 11.3. The number of aromatic nitrogens is 3. The van der Waals surface area contributed by atoms with Crippen molar-refractivity contribution in [2.24, 2.45) is 0 Å². The number of nitrogens with one attached hydrogen (secondary N) is 2. The highest BCUT2D eigenvalue weighted by Gasteiger charge is 2.28. The molecule has 0 bridgehead atoms. The molecule has 0 saturated heterocycles. The summed E-state index contributed by atoms with van der Waals surface area (Å²) in [6, 6.07) is 4.85. The Morgan fingerprint density at radius 2 is 2.16 bits per heavy atom. The second-order valence-electron chi connectivity index (χ2n) is 4.40. The molecule has 1 aliphatic carbocycles. The minimum Gasteiger partial charge on any atom is -0.318 e. The summed E-state index contributed by atoms with van der Waals surface area (Å²) >= 11 is 11.8. The van der Waals surface area contributed by atoms with Crippen LogP contribution in [-0.2, 0) is 0 Å². The quantitative estimate of drug-likeness (QED) is 0.913. The van der Waals surface area contributed by atoms with E-state index in [-0.39, 0.29) is 5.82 Å². The van der Waals surface area contributed by atoms with Crippen LogP contribution in [0.4, 0.5) is 5.69 Å². The number of carbonyl (C=O) groups is 1. The first-order chi connectivity index (χ1) is 9.13. The van der Waals surface area contributed by atoms with Crippen LogP contribution in [0.1, 0.15) is 35.2 Å². The third-order valence-corrected chi connectivity index (χ3v) is 3.40. The number of hydrogen-bond acceptors (Lipinski definition) is 3. The van der Waals surface area contributed by atoms with Gasteiger partial charge in [-0.1, -0.05) is 23.2 Å². The van der Waals surface area contributed by atoms with E-state index in [2.05, 4.69) is 20.5 Å². The molecule has 0 aliphatic heterocycles. The second-order valence-corrected chi connectivity index (χ2v) is 5.24. The lowest BCUT2D eigenvalue weighted by atomic mass is 10.3. The molecule has 1 aliphatic rings. The van der Waals surface area contributed by atoms with Gasteiger partial charge in [0.25, 0.3) is 5.91 Å². The van der Waals surface area contributed by atoms with Crippen LogP contribution in [0.5, 0.6) is 0 Å². The maximum atomic E-state index is 12.0. The summed E-state index contributed by atoms with van der Waals surface area (Å²) in [5, 5.41) is 10.2. The number of hydrogen-bond donors (Lipinski definition) is 2. The van der Waals surface area contributed by atoms with Crippen molar-refractivity contribution in [3.8, 4) is 0 Å². The number of halogens is 2. The largest absolute Gasteiger partial charge is 0.318 e. The summed E-state index contributed by atoms with van der Waals surface area (Å²) in [4.78, 5) is 16.1. The molecule has 0 atom stereocenters. The van der Waals surface area contributed by atoms with Crippen molar-refractivity contribution in [1.82, 2.24) is 15.2 Å². The van der Waals surface area contributed by atoms with Crippen LogP contribution in [-0.4, -0.2) is 21.1 Å². The van der Waals surface area contributed by atoms with Crippen LogP contribution in [0.25, 0.3) is 0 Å². The molecule has 3 rings (SSSR count). The van der Waals surface area contributed by atoms with Crippen LogP contribution >= 0.6 is 23.2 Å². The fourth-order valence-corrected chi connectivity index (χ4v) is 2.14. The molecule has 19 heavy (non-hydrogen) atoms.